The summed E-state index contributed by atoms with van der Waals surface area (Å²) in [5.74, 6) is 1.85. The van der Waals surface area contributed by atoms with Crippen molar-refractivity contribution in [3.63, 3.8) is 0 Å². The average molecular weight is 1120 g/mol. The van der Waals surface area contributed by atoms with Crippen molar-refractivity contribution in [2.75, 3.05) is 0 Å². The number of nitrogens with zero attached hydrogens (tertiary/aromatic N) is 4. The summed E-state index contributed by atoms with van der Waals surface area (Å²) in [5.41, 5.74) is 27.0. The van der Waals surface area contributed by atoms with E-state index in [0.717, 1.165) is 83.5 Å². The highest BCUT2D eigenvalue weighted by atomic mass is 15.0. The van der Waals surface area contributed by atoms with E-state index >= 15 is 0 Å². The van der Waals surface area contributed by atoms with Crippen LogP contribution >= 0.6 is 0 Å². The summed E-state index contributed by atoms with van der Waals surface area (Å²) >= 11 is 0. The van der Waals surface area contributed by atoms with E-state index < -0.39 is 0 Å². The molecule has 414 valence electrons. The molecule has 4 nitrogen and oxygen atoms in total. The lowest BCUT2D eigenvalue weighted by Crippen LogP contribution is -2.15. The van der Waals surface area contributed by atoms with Crippen molar-refractivity contribution in [2.45, 2.75) is 19.3 Å². The highest BCUT2D eigenvalue weighted by molar-refractivity contribution is 6.22. The molecule has 0 saturated heterocycles. The van der Waals surface area contributed by atoms with Crippen LogP contribution in [0.15, 0.2) is 315 Å². The molecule has 1 aliphatic rings. The van der Waals surface area contributed by atoms with Gasteiger partial charge in [0, 0.05) is 49.7 Å². The van der Waals surface area contributed by atoms with E-state index in [1.54, 1.807) is 0 Å². The van der Waals surface area contributed by atoms with Crippen LogP contribution in [0.1, 0.15) is 25.0 Å². The first-order valence-corrected chi connectivity index (χ1v) is 30.3. The first-order chi connectivity index (χ1) is 43.4. The summed E-state index contributed by atoms with van der Waals surface area (Å²) in [7, 11) is 0. The molecule has 1 aliphatic carbocycles. The largest absolute Gasteiger partial charge is 0.308 e. The number of hydrogen-bond acceptors (Lipinski definition) is 3. The van der Waals surface area contributed by atoms with Gasteiger partial charge >= 0.3 is 0 Å². The number of para-hydroxylation sites is 2. The maximum Gasteiger partial charge on any atom is 0.164 e. The summed E-state index contributed by atoms with van der Waals surface area (Å²) < 4.78 is 2.58. The van der Waals surface area contributed by atoms with Crippen molar-refractivity contribution in [1.29, 1.82) is 0 Å². The lowest BCUT2D eigenvalue weighted by molar-refractivity contribution is 0.666. The highest BCUT2D eigenvalue weighted by Crippen LogP contribution is 2.57. The fraction of sp³-hybridized carbons (Fsp3) is 0.0357. The quantitative estimate of drug-likeness (QED) is 0.130. The molecule has 0 atom stereocenters. The van der Waals surface area contributed by atoms with Gasteiger partial charge in [-0.15, -0.1) is 0 Å². The number of aromatic nitrogens is 4. The van der Waals surface area contributed by atoms with Gasteiger partial charge in [0.1, 0.15) is 0 Å². The lowest BCUT2D eigenvalue weighted by Gasteiger charge is -2.24. The Labute approximate surface area is 513 Å². The molecule has 16 rings (SSSR count). The van der Waals surface area contributed by atoms with Crippen LogP contribution in [0.25, 0.3) is 151 Å². The number of benzene rings is 13. The molecule has 2 aromatic heterocycles. The molecular weight excluding hydrogens is 1060 g/mol. The van der Waals surface area contributed by atoms with Gasteiger partial charge in [-0.25, -0.2) is 15.0 Å². The van der Waals surface area contributed by atoms with Crippen molar-refractivity contribution in [3.05, 3.63) is 327 Å². The Morgan fingerprint density at radius 3 is 1.16 bits per heavy atom. The van der Waals surface area contributed by atoms with E-state index in [1.165, 1.54) is 60.8 Å². The molecule has 4 heteroatoms. The highest BCUT2D eigenvalue weighted by Gasteiger charge is 2.40. The normalized spacial score (nSPS) is 12.3. The van der Waals surface area contributed by atoms with Crippen molar-refractivity contribution >= 4 is 21.8 Å². The van der Waals surface area contributed by atoms with E-state index in [0.29, 0.717) is 17.5 Å². The standard InChI is InChI=1S/C84H58N4/c1-84(2)76-50-27-26-46-70(76)74-54-75(69-45-23-21-42-66(69)68-44-24-25-47-72(68)83-86-81(57-33-12-5-13-34-57)85-82(87-83)58-35-14-6-15-36-58)80-77(78(74)84)73-49-28-48-71(79(73)88(80)62-37-16-7-17-38-62)67-43-22-20-41-65(67)64-40-19-18-39-63(64)61-52-59(55-29-8-3-9-30-55)51-60(53-61)56-31-10-4-11-32-56/h3-54H,1-2H3. The van der Waals surface area contributed by atoms with Crippen LogP contribution in [-0.2, 0) is 5.41 Å². The van der Waals surface area contributed by atoms with Gasteiger partial charge in [0.25, 0.3) is 0 Å². The monoisotopic (exact) mass is 1120 g/mol. The van der Waals surface area contributed by atoms with Crippen LogP contribution in [0.5, 0.6) is 0 Å². The maximum atomic E-state index is 5.31. The van der Waals surface area contributed by atoms with Crippen LogP contribution in [0.2, 0.25) is 0 Å². The molecule has 13 aromatic carbocycles. The molecule has 15 aromatic rings. The number of rotatable bonds is 11. The third-order valence-electron chi connectivity index (χ3n) is 17.8. The molecule has 88 heavy (non-hydrogen) atoms. The van der Waals surface area contributed by atoms with Crippen LogP contribution in [-0.4, -0.2) is 19.5 Å². The van der Waals surface area contributed by atoms with E-state index in [-0.39, 0.29) is 5.41 Å². The Hall–Kier alpha value is -11.3. The molecule has 2 heterocycles. The van der Waals surface area contributed by atoms with Gasteiger partial charge in [-0.05, 0) is 125 Å². The molecule has 0 bridgehead atoms. The molecule has 0 aliphatic heterocycles. The summed E-state index contributed by atoms with van der Waals surface area (Å²) in [4.78, 5) is 15.7. The van der Waals surface area contributed by atoms with Crippen molar-refractivity contribution in [3.8, 4) is 129 Å². The van der Waals surface area contributed by atoms with Gasteiger partial charge in [0.2, 0.25) is 0 Å². The summed E-state index contributed by atoms with van der Waals surface area (Å²) in [5, 5.41) is 2.45. The van der Waals surface area contributed by atoms with Gasteiger partial charge < -0.3 is 4.57 Å². The summed E-state index contributed by atoms with van der Waals surface area (Å²) in [6, 6.07) is 114. The van der Waals surface area contributed by atoms with Gasteiger partial charge in [0.05, 0.1) is 11.0 Å². The van der Waals surface area contributed by atoms with Gasteiger partial charge in [-0.3, -0.25) is 0 Å². The second-order valence-corrected chi connectivity index (χ2v) is 23.4. The zero-order chi connectivity index (χ0) is 58.7. The minimum atomic E-state index is -0.337. The van der Waals surface area contributed by atoms with Gasteiger partial charge in [-0.1, -0.05) is 293 Å². The Morgan fingerprint density at radius 1 is 0.250 bits per heavy atom. The summed E-state index contributed by atoms with van der Waals surface area (Å²) in [6.07, 6.45) is 0. The van der Waals surface area contributed by atoms with Crippen LogP contribution in [0.3, 0.4) is 0 Å². The fourth-order valence-corrected chi connectivity index (χ4v) is 13.9. The fourth-order valence-electron chi connectivity index (χ4n) is 13.9. The van der Waals surface area contributed by atoms with Crippen LogP contribution in [0, 0.1) is 0 Å². The zero-order valence-electron chi connectivity index (χ0n) is 48.8. The topological polar surface area (TPSA) is 43.6 Å². The first-order valence-electron chi connectivity index (χ1n) is 30.3. The second kappa shape index (κ2) is 21.6. The Morgan fingerprint density at radius 2 is 0.625 bits per heavy atom. The van der Waals surface area contributed by atoms with Gasteiger partial charge in [0.15, 0.2) is 17.5 Å². The van der Waals surface area contributed by atoms with Crippen LogP contribution in [0.4, 0.5) is 0 Å². The molecule has 0 spiro atoms. The SMILES string of the molecule is CC1(C)c2ccccc2-c2cc(-c3ccccc3-c3ccccc3-c3nc(-c4ccccc4)nc(-c4ccccc4)n3)c3c(c21)c1cccc(-c2ccccc2-c2ccccc2-c2cc(-c4ccccc4)cc(-c4ccccc4)c2)c1n3-c1ccccc1. The molecule has 0 radical (unpaired) electrons. The smallest absolute Gasteiger partial charge is 0.164 e. The predicted octanol–water partition coefficient (Wildman–Crippen LogP) is 21.9. The van der Waals surface area contributed by atoms with E-state index in [9.17, 15) is 0 Å². The van der Waals surface area contributed by atoms with Crippen molar-refractivity contribution in [1.82, 2.24) is 19.5 Å². The zero-order valence-corrected chi connectivity index (χ0v) is 48.8. The first kappa shape index (κ1) is 52.2. The molecule has 0 saturated carbocycles. The third-order valence-corrected chi connectivity index (χ3v) is 17.8. The molecule has 0 fully saturated rings. The Kier molecular flexibility index (Phi) is 12.8. The van der Waals surface area contributed by atoms with E-state index in [1.807, 2.05) is 36.4 Å². The minimum absolute atomic E-state index is 0.337. The third kappa shape index (κ3) is 8.88. The van der Waals surface area contributed by atoms with Crippen molar-refractivity contribution in [2.24, 2.45) is 0 Å². The molecule has 0 unspecified atom stereocenters. The molecular formula is C84H58N4. The lowest BCUT2D eigenvalue weighted by atomic mass is 9.79. The minimum Gasteiger partial charge on any atom is -0.308 e. The van der Waals surface area contributed by atoms with Crippen LogP contribution < -0.4 is 0 Å². The molecule has 0 N–H and O–H groups in total. The second-order valence-electron chi connectivity index (χ2n) is 23.4. The average Bonchev–Trinajstić information content (AvgIpc) is 1.57. The predicted molar refractivity (Wildman–Crippen MR) is 366 cm³/mol. The van der Waals surface area contributed by atoms with E-state index in [2.05, 4.69) is 297 Å². The summed E-state index contributed by atoms with van der Waals surface area (Å²) in [6.45, 7) is 4.84. The number of hydrogen-bond donors (Lipinski definition) is 0. The Bertz CT molecular complexity index is 5030. The van der Waals surface area contributed by atoms with E-state index in [4.69, 9.17) is 15.0 Å². The number of fused-ring (bicyclic) bond motifs is 7. The molecule has 0 amide bonds. The van der Waals surface area contributed by atoms with Crippen molar-refractivity contribution < 1.29 is 0 Å². The van der Waals surface area contributed by atoms with Gasteiger partial charge in [-0.2, -0.15) is 0 Å². The maximum absolute atomic E-state index is 5.31. The Balaban J connectivity index is 0.964.